The molecule has 0 radical (unpaired) electrons. The quantitative estimate of drug-likeness (QED) is 0.231. The van der Waals surface area contributed by atoms with E-state index in [2.05, 4.69) is 150 Å². The molecule has 0 saturated carbocycles. The van der Waals surface area contributed by atoms with E-state index in [-0.39, 0.29) is 6.71 Å². The van der Waals surface area contributed by atoms with Crippen molar-refractivity contribution in [1.82, 2.24) is 4.98 Å². The van der Waals surface area contributed by atoms with Crippen molar-refractivity contribution in [2.75, 3.05) is 4.90 Å². The molecule has 0 bridgehead atoms. The fraction of sp³-hybridized carbons (Fsp3) is 0. The summed E-state index contributed by atoms with van der Waals surface area (Å²) in [6, 6.07) is 52.4. The van der Waals surface area contributed by atoms with Crippen LogP contribution in [0.25, 0.3) is 32.8 Å². The molecule has 0 unspecified atom stereocenters. The van der Waals surface area contributed by atoms with Crippen molar-refractivity contribution in [2.24, 2.45) is 0 Å². The van der Waals surface area contributed by atoms with Crippen LogP contribution in [0.5, 0.6) is 0 Å². The van der Waals surface area contributed by atoms with Crippen LogP contribution in [0.1, 0.15) is 0 Å². The van der Waals surface area contributed by atoms with Crippen LogP contribution in [-0.4, -0.2) is 11.7 Å². The van der Waals surface area contributed by atoms with E-state index in [0.29, 0.717) is 0 Å². The molecule has 1 aromatic heterocycles. The summed E-state index contributed by atoms with van der Waals surface area (Å²) in [4.78, 5) is 7.11. The molecule has 0 fully saturated rings. The zero-order valence-corrected chi connectivity index (χ0v) is 21.9. The summed E-state index contributed by atoms with van der Waals surface area (Å²) < 4.78 is 0. The zero-order chi connectivity index (χ0) is 26.5. The molecule has 6 aromatic carbocycles. The number of nitrogens with zero attached hydrogens (tertiary/aromatic N) is 2. The van der Waals surface area contributed by atoms with Gasteiger partial charge in [-0.15, -0.1) is 0 Å². The van der Waals surface area contributed by atoms with Crippen molar-refractivity contribution < 1.29 is 0 Å². The van der Waals surface area contributed by atoms with Crippen LogP contribution in [-0.2, 0) is 0 Å². The number of pyridine rings is 1. The Morgan fingerprint density at radius 3 is 1.88 bits per heavy atom. The van der Waals surface area contributed by atoms with Crippen LogP contribution >= 0.6 is 0 Å². The monoisotopic (exact) mass is 508 g/mol. The summed E-state index contributed by atoms with van der Waals surface area (Å²) in [7, 11) is 0. The summed E-state index contributed by atoms with van der Waals surface area (Å²) in [5.41, 5.74) is 11.0. The number of benzene rings is 6. The minimum Gasteiger partial charge on any atom is -0.310 e. The lowest BCUT2D eigenvalue weighted by Crippen LogP contribution is -2.55. The lowest BCUT2D eigenvalue weighted by molar-refractivity contribution is 1.30. The number of fused-ring (bicyclic) bond motifs is 3. The maximum atomic E-state index is 4.75. The Bertz CT molecular complexity index is 1970. The van der Waals surface area contributed by atoms with Gasteiger partial charge in [-0.05, 0) is 59.0 Å². The fourth-order valence-electron chi connectivity index (χ4n) is 6.53. The van der Waals surface area contributed by atoms with Gasteiger partial charge in [0.2, 0.25) is 6.71 Å². The largest absolute Gasteiger partial charge is 0.310 e. The van der Waals surface area contributed by atoms with Gasteiger partial charge in [-0.3, -0.25) is 4.98 Å². The third-order valence-electron chi connectivity index (χ3n) is 8.19. The van der Waals surface area contributed by atoms with E-state index in [1.807, 2.05) is 6.20 Å². The summed E-state index contributed by atoms with van der Waals surface area (Å²) >= 11 is 0. The van der Waals surface area contributed by atoms with Gasteiger partial charge in [0.1, 0.15) is 0 Å². The number of aromatic nitrogens is 1. The third kappa shape index (κ3) is 3.48. The molecule has 7 aromatic rings. The first-order chi connectivity index (χ1) is 19.9. The summed E-state index contributed by atoms with van der Waals surface area (Å²) in [6.07, 6.45) is 1.94. The van der Waals surface area contributed by atoms with Crippen molar-refractivity contribution in [1.29, 1.82) is 0 Å². The highest BCUT2D eigenvalue weighted by Gasteiger charge is 2.33. The topological polar surface area (TPSA) is 16.1 Å². The lowest BCUT2D eigenvalue weighted by Gasteiger charge is -2.30. The van der Waals surface area contributed by atoms with Gasteiger partial charge in [0, 0.05) is 28.3 Å². The van der Waals surface area contributed by atoms with Crippen LogP contribution < -0.4 is 21.3 Å². The maximum Gasteiger partial charge on any atom is 0.243 e. The van der Waals surface area contributed by atoms with E-state index in [1.165, 1.54) is 49.4 Å². The fourth-order valence-corrected chi connectivity index (χ4v) is 6.53. The summed E-state index contributed by atoms with van der Waals surface area (Å²) in [6.45, 7) is 0.109. The molecule has 1 aliphatic rings. The van der Waals surface area contributed by atoms with Gasteiger partial charge in [-0.1, -0.05) is 120 Å². The molecular weight excluding hydrogens is 483 g/mol. The van der Waals surface area contributed by atoms with Crippen LogP contribution in [0.3, 0.4) is 0 Å². The van der Waals surface area contributed by atoms with E-state index in [1.54, 1.807) is 0 Å². The van der Waals surface area contributed by atoms with E-state index in [9.17, 15) is 0 Å². The highest BCUT2D eigenvalue weighted by atomic mass is 15.1. The molecule has 186 valence electrons. The second-order valence-electron chi connectivity index (χ2n) is 10.3. The molecule has 0 N–H and O–H groups in total. The Kier molecular flexibility index (Phi) is 5.27. The smallest absolute Gasteiger partial charge is 0.243 e. The van der Waals surface area contributed by atoms with Gasteiger partial charge < -0.3 is 4.90 Å². The van der Waals surface area contributed by atoms with Gasteiger partial charge in [-0.2, -0.15) is 0 Å². The van der Waals surface area contributed by atoms with E-state index < -0.39 is 0 Å². The van der Waals surface area contributed by atoms with Crippen LogP contribution in [0, 0.1) is 0 Å². The highest BCUT2D eigenvalue weighted by Crippen LogP contribution is 2.38. The molecule has 1 aliphatic heterocycles. The van der Waals surface area contributed by atoms with E-state index in [4.69, 9.17) is 4.98 Å². The third-order valence-corrected chi connectivity index (χ3v) is 8.19. The maximum absolute atomic E-state index is 4.75. The van der Waals surface area contributed by atoms with Crippen LogP contribution in [0.4, 0.5) is 17.1 Å². The van der Waals surface area contributed by atoms with Gasteiger partial charge in [0.25, 0.3) is 0 Å². The molecule has 8 rings (SSSR count). The second-order valence-corrected chi connectivity index (χ2v) is 10.3. The molecule has 2 nitrogen and oxygen atoms in total. The summed E-state index contributed by atoms with van der Waals surface area (Å²) in [5.74, 6) is 0. The molecular formula is C37H25BN2. The standard InChI is InChI=1S/C37H25BN2/c1-3-12-26(13-4-1)40(27-14-5-2-6-15-27)36-23-22-33(28-16-7-8-18-30(28)36)38-32-19-10-9-17-29(32)31-24-25-39-35-21-11-20-34(38)37(31)35/h1-25H. The van der Waals surface area contributed by atoms with Gasteiger partial charge >= 0.3 is 0 Å². The Hall–Kier alpha value is -5.15. The minimum absolute atomic E-state index is 0.109. The molecule has 0 aliphatic carbocycles. The first-order valence-electron chi connectivity index (χ1n) is 13.8. The average Bonchev–Trinajstić information content (AvgIpc) is 3.03. The summed E-state index contributed by atoms with van der Waals surface area (Å²) in [5, 5.41) is 3.76. The second kappa shape index (κ2) is 9.25. The number of hydrogen-bond donors (Lipinski definition) is 0. The number of para-hydroxylation sites is 2. The van der Waals surface area contributed by atoms with Crippen molar-refractivity contribution in [3.8, 4) is 11.1 Å². The van der Waals surface area contributed by atoms with Gasteiger partial charge in [0.15, 0.2) is 0 Å². The molecule has 3 heteroatoms. The predicted octanol–water partition coefficient (Wildman–Crippen LogP) is 7.35. The lowest BCUT2D eigenvalue weighted by atomic mass is 9.33. The molecule has 2 heterocycles. The average molecular weight is 508 g/mol. The first kappa shape index (κ1) is 22.8. The molecule has 0 amide bonds. The number of rotatable bonds is 4. The first-order valence-corrected chi connectivity index (χ1v) is 13.8. The van der Waals surface area contributed by atoms with Gasteiger partial charge in [-0.25, -0.2) is 0 Å². The normalized spacial score (nSPS) is 11.9. The molecule has 0 saturated heterocycles. The Balaban J connectivity index is 1.41. The van der Waals surface area contributed by atoms with Gasteiger partial charge in [0.05, 0.1) is 11.2 Å². The van der Waals surface area contributed by atoms with Crippen LogP contribution in [0.2, 0.25) is 0 Å². The predicted molar refractivity (Wildman–Crippen MR) is 170 cm³/mol. The Morgan fingerprint density at radius 2 is 1.10 bits per heavy atom. The Morgan fingerprint density at radius 1 is 0.450 bits per heavy atom. The highest BCUT2D eigenvalue weighted by molar-refractivity contribution is 6.99. The number of hydrogen-bond acceptors (Lipinski definition) is 2. The van der Waals surface area contributed by atoms with Crippen molar-refractivity contribution >= 4 is 61.8 Å². The van der Waals surface area contributed by atoms with Crippen molar-refractivity contribution in [2.45, 2.75) is 0 Å². The Labute approximate surface area is 234 Å². The molecule has 40 heavy (non-hydrogen) atoms. The van der Waals surface area contributed by atoms with E-state index >= 15 is 0 Å². The van der Waals surface area contributed by atoms with Crippen LogP contribution in [0.15, 0.2) is 152 Å². The van der Waals surface area contributed by atoms with E-state index in [0.717, 1.165) is 16.9 Å². The molecule has 0 spiro atoms. The van der Waals surface area contributed by atoms with Crippen molar-refractivity contribution in [3.63, 3.8) is 0 Å². The molecule has 0 atom stereocenters. The SMILES string of the molecule is c1ccc(N(c2ccccc2)c2ccc(B3c4ccccc4-c4ccnc5cccc3c45)c3ccccc23)cc1. The van der Waals surface area contributed by atoms with Crippen molar-refractivity contribution in [3.05, 3.63) is 152 Å². The zero-order valence-electron chi connectivity index (χ0n) is 21.9. The minimum atomic E-state index is 0.109. The number of anilines is 3.